The summed E-state index contributed by atoms with van der Waals surface area (Å²) in [6, 6.07) is 7.59. The van der Waals surface area contributed by atoms with Crippen molar-refractivity contribution in [3.63, 3.8) is 0 Å². The molecule has 8 nitrogen and oxygen atoms in total. The molecule has 1 amide bonds. The first-order valence-corrected chi connectivity index (χ1v) is 13.3. The number of carbonyl (C=O) groups is 2. The summed E-state index contributed by atoms with van der Waals surface area (Å²) in [5.41, 5.74) is 1.77. The summed E-state index contributed by atoms with van der Waals surface area (Å²) in [5, 5.41) is 0. The molecule has 33 heavy (non-hydrogen) atoms. The molecule has 1 aromatic heterocycles. The van der Waals surface area contributed by atoms with Crippen molar-refractivity contribution in [1.29, 1.82) is 0 Å². The molecule has 0 saturated heterocycles. The van der Waals surface area contributed by atoms with Crippen molar-refractivity contribution in [2.45, 2.75) is 49.5 Å². The van der Waals surface area contributed by atoms with Gasteiger partial charge in [-0.3, -0.25) is 4.79 Å². The number of unbranched alkanes of at least 4 members (excludes halogenated alkanes) is 1. The molecule has 0 radical (unpaired) electrons. The van der Waals surface area contributed by atoms with Gasteiger partial charge < -0.3 is 14.4 Å². The van der Waals surface area contributed by atoms with E-state index in [0.29, 0.717) is 36.4 Å². The molecule has 0 aliphatic carbocycles. The zero-order chi connectivity index (χ0) is 23.8. The molecule has 0 bridgehead atoms. The minimum Gasteiger partial charge on any atom is -0.480 e. The van der Waals surface area contributed by atoms with E-state index < -0.39 is 22.1 Å². The molecular weight excluding hydrogens is 464 g/mol. The van der Waals surface area contributed by atoms with Crippen LogP contribution in [-0.2, 0) is 38.9 Å². The number of amides is 1. The third kappa shape index (κ3) is 4.39. The number of esters is 1. The molecule has 0 unspecified atom stereocenters. The Morgan fingerprint density at radius 2 is 2.06 bits per heavy atom. The summed E-state index contributed by atoms with van der Waals surface area (Å²) in [6.45, 7) is 2.98. The van der Waals surface area contributed by atoms with Gasteiger partial charge in [0.15, 0.2) is 6.10 Å². The van der Waals surface area contributed by atoms with Gasteiger partial charge in [0.2, 0.25) is 0 Å². The summed E-state index contributed by atoms with van der Waals surface area (Å²) in [7, 11) is -1.09. The van der Waals surface area contributed by atoms with E-state index in [9.17, 15) is 18.0 Å². The fourth-order valence-electron chi connectivity index (χ4n) is 4.22. The molecule has 4 rings (SSSR count). The highest BCUT2D eigenvalue weighted by Crippen LogP contribution is 2.38. The Morgan fingerprint density at radius 1 is 1.30 bits per heavy atom. The summed E-state index contributed by atoms with van der Waals surface area (Å²) in [5.74, 6) is -0.0696. The Hall–Kier alpha value is -2.43. The van der Waals surface area contributed by atoms with Crippen LogP contribution in [0.15, 0.2) is 28.5 Å². The van der Waals surface area contributed by atoms with E-state index in [1.807, 2.05) is 31.2 Å². The molecule has 1 aromatic carbocycles. The molecule has 2 aliphatic heterocycles. The number of rotatable bonds is 7. The molecule has 0 fully saturated rings. The molecule has 0 saturated carbocycles. The maximum atomic E-state index is 13.3. The highest BCUT2D eigenvalue weighted by Gasteiger charge is 2.39. The molecular formula is C23H28N2O6S2. The normalized spacial score (nSPS) is 17.5. The van der Waals surface area contributed by atoms with Gasteiger partial charge in [0.1, 0.15) is 9.96 Å². The zero-order valence-electron chi connectivity index (χ0n) is 19.0. The predicted molar refractivity (Wildman–Crippen MR) is 124 cm³/mol. The molecule has 2 aromatic rings. The smallest absolute Gasteiger partial charge is 0.340 e. The van der Waals surface area contributed by atoms with Gasteiger partial charge in [-0.2, -0.15) is 0 Å². The molecule has 0 N–H and O–H groups in total. The molecule has 3 heterocycles. The lowest BCUT2D eigenvalue weighted by Crippen LogP contribution is -2.43. The van der Waals surface area contributed by atoms with Crippen molar-refractivity contribution in [2.75, 3.05) is 27.2 Å². The SMILES string of the molecule is CCCCN(C)S(=O)(=O)c1sc2c(c1C(=O)OC)CCN(C(=O)[C@@H]1Cc3ccccc3O1)C2. The van der Waals surface area contributed by atoms with E-state index >= 15 is 0 Å². The average Bonchev–Trinajstić information content (AvgIpc) is 3.43. The van der Waals surface area contributed by atoms with Crippen molar-refractivity contribution in [3.05, 3.63) is 45.8 Å². The minimum absolute atomic E-state index is 0.00299. The number of thiophene rings is 1. The third-order valence-electron chi connectivity index (χ3n) is 6.12. The Bertz CT molecular complexity index is 1150. The Morgan fingerprint density at radius 3 is 2.76 bits per heavy atom. The number of hydrogen-bond donors (Lipinski definition) is 0. The average molecular weight is 493 g/mol. The lowest BCUT2D eigenvalue weighted by Gasteiger charge is -2.29. The predicted octanol–water partition coefficient (Wildman–Crippen LogP) is 2.84. The summed E-state index contributed by atoms with van der Waals surface area (Å²) >= 11 is 1.06. The number of ether oxygens (including phenoxy) is 2. The molecule has 2 aliphatic rings. The second-order valence-corrected chi connectivity index (χ2v) is 11.6. The third-order valence-corrected chi connectivity index (χ3v) is 9.69. The van der Waals surface area contributed by atoms with Crippen molar-refractivity contribution in [3.8, 4) is 5.75 Å². The Balaban J connectivity index is 1.60. The first-order chi connectivity index (χ1) is 15.8. The summed E-state index contributed by atoms with van der Waals surface area (Å²) in [6.07, 6.45) is 1.89. The maximum absolute atomic E-state index is 13.3. The van der Waals surface area contributed by atoms with Crippen LogP contribution in [0.5, 0.6) is 5.75 Å². The number of para-hydroxylation sites is 1. The zero-order valence-corrected chi connectivity index (χ0v) is 20.6. The van der Waals surface area contributed by atoms with Crippen LogP contribution in [0, 0.1) is 0 Å². The first kappa shape index (κ1) is 23.7. The fourth-order valence-corrected chi connectivity index (χ4v) is 7.52. The van der Waals surface area contributed by atoms with E-state index in [-0.39, 0.29) is 22.2 Å². The number of nitrogens with zero attached hydrogens (tertiary/aromatic N) is 2. The highest BCUT2D eigenvalue weighted by molar-refractivity contribution is 7.91. The van der Waals surface area contributed by atoms with Crippen LogP contribution >= 0.6 is 11.3 Å². The van der Waals surface area contributed by atoms with Gasteiger partial charge in [-0.1, -0.05) is 31.5 Å². The second-order valence-electron chi connectivity index (χ2n) is 8.27. The van der Waals surface area contributed by atoms with E-state index in [0.717, 1.165) is 35.5 Å². The van der Waals surface area contributed by atoms with Gasteiger partial charge in [0.05, 0.1) is 19.2 Å². The molecule has 178 valence electrons. The monoisotopic (exact) mass is 492 g/mol. The number of fused-ring (bicyclic) bond motifs is 2. The van der Waals surface area contributed by atoms with E-state index in [1.54, 1.807) is 4.90 Å². The first-order valence-electron chi connectivity index (χ1n) is 11.0. The van der Waals surface area contributed by atoms with Crippen LogP contribution in [0.2, 0.25) is 0 Å². The molecule has 1 atom stereocenters. The molecule has 0 spiro atoms. The van der Waals surface area contributed by atoms with Crippen LogP contribution < -0.4 is 4.74 Å². The topological polar surface area (TPSA) is 93.2 Å². The van der Waals surface area contributed by atoms with Gasteiger partial charge >= 0.3 is 5.97 Å². The molecule has 10 heteroatoms. The summed E-state index contributed by atoms with van der Waals surface area (Å²) in [4.78, 5) is 28.2. The number of benzene rings is 1. The van der Waals surface area contributed by atoms with Crippen LogP contribution in [0.4, 0.5) is 0 Å². The van der Waals surface area contributed by atoms with Crippen LogP contribution in [0.25, 0.3) is 0 Å². The van der Waals surface area contributed by atoms with Gasteiger partial charge in [-0.05, 0) is 30.0 Å². The highest BCUT2D eigenvalue weighted by atomic mass is 32.2. The quantitative estimate of drug-likeness (QED) is 0.552. The van der Waals surface area contributed by atoms with Gasteiger partial charge in [0, 0.05) is 31.4 Å². The lowest BCUT2D eigenvalue weighted by molar-refractivity contribution is -0.138. The van der Waals surface area contributed by atoms with Crippen LogP contribution in [-0.4, -0.2) is 62.9 Å². The van der Waals surface area contributed by atoms with Crippen molar-refractivity contribution in [1.82, 2.24) is 9.21 Å². The number of carbonyl (C=O) groups excluding carboxylic acids is 2. The lowest BCUT2D eigenvalue weighted by atomic mass is 10.0. The number of hydrogen-bond acceptors (Lipinski definition) is 7. The van der Waals surface area contributed by atoms with Gasteiger partial charge in [0.25, 0.3) is 15.9 Å². The fraction of sp³-hybridized carbons (Fsp3) is 0.478. The number of methoxy groups -OCH3 is 1. The van der Waals surface area contributed by atoms with Crippen LogP contribution in [0.1, 0.15) is 46.1 Å². The van der Waals surface area contributed by atoms with E-state index in [2.05, 4.69) is 0 Å². The van der Waals surface area contributed by atoms with E-state index in [1.165, 1.54) is 18.5 Å². The second kappa shape index (κ2) is 9.44. The van der Waals surface area contributed by atoms with E-state index in [4.69, 9.17) is 9.47 Å². The van der Waals surface area contributed by atoms with Gasteiger partial charge in [-0.15, -0.1) is 11.3 Å². The summed E-state index contributed by atoms with van der Waals surface area (Å²) < 4.78 is 38.6. The van der Waals surface area contributed by atoms with Crippen molar-refractivity contribution in [2.24, 2.45) is 0 Å². The maximum Gasteiger partial charge on any atom is 0.340 e. The van der Waals surface area contributed by atoms with Gasteiger partial charge in [-0.25, -0.2) is 17.5 Å². The van der Waals surface area contributed by atoms with Crippen molar-refractivity contribution < 1.29 is 27.5 Å². The van der Waals surface area contributed by atoms with Crippen molar-refractivity contribution >= 4 is 33.2 Å². The Labute approximate surface area is 198 Å². The largest absolute Gasteiger partial charge is 0.480 e. The standard InChI is InChI=1S/C23H28N2O6S2/c1-4-5-11-24(2)33(28,29)23-20(22(27)30-3)16-10-12-25(14-19(16)32-23)21(26)18-13-15-8-6-7-9-17(15)31-18/h6-9,18H,4-5,10-14H2,1-3H3/t18-/m0/s1. The Kier molecular flexibility index (Phi) is 6.78. The number of sulfonamides is 1. The minimum atomic E-state index is -3.86. The van der Waals surface area contributed by atoms with Crippen LogP contribution in [0.3, 0.4) is 0 Å².